The molecule has 13 rings (SSSR count). The first-order valence-corrected chi connectivity index (χ1v) is 38.9. The van der Waals surface area contributed by atoms with Gasteiger partial charge in [0.25, 0.3) is 0 Å². The van der Waals surface area contributed by atoms with Crippen LogP contribution in [0.2, 0.25) is 0 Å². The van der Waals surface area contributed by atoms with E-state index < -0.39 is 27.5 Å². The number of unbranched alkanes of at least 4 members (excludes halogenated alkanes) is 10. The van der Waals surface area contributed by atoms with E-state index in [1.165, 1.54) is 124 Å². The van der Waals surface area contributed by atoms with E-state index in [9.17, 15) is 4.39 Å². The van der Waals surface area contributed by atoms with Crippen molar-refractivity contribution in [3.8, 4) is 65.3 Å². The molecule has 10 aromatic carbocycles. The molecule has 0 bridgehead atoms. The van der Waals surface area contributed by atoms with E-state index in [4.69, 9.17) is 19.4 Å². The van der Waals surface area contributed by atoms with Crippen molar-refractivity contribution in [1.82, 2.24) is 9.97 Å². The Morgan fingerprint density at radius 2 is 0.653 bits per heavy atom. The molecule has 10 heteroatoms. The van der Waals surface area contributed by atoms with Crippen molar-refractivity contribution in [2.45, 2.75) is 105 Å². The minimum Gasteiger partial charge on any atom is -0.494 e. The molecule has 3 aromatic heterocycles. The van der Waals surface area contributed by atoms with Crippen LogP contribution in [0.4, 0.5) is 8.78 Å². The molecule has 0 fully saturated rings. The standard InChI is InChI=1S/C52H56F2N2O2S2.2C18H15P/c1-5-7-9-11-13-15-31-57-39-22-18-37(19-23-39)49-50(38-20-24-40(25-21-38)58-32-16-14-12-10-8-6-2)56-52-42(27-26-41(51(52)55-49)46-28-17-36(4)59-46)47-29-30-48(60-47)43-34-44(53)35(3)33-45(43)54;2*1-4-10-16(11-5-1)19(17-12-6-2-7-13-17)18-14-8-3-9-15-18/h17-30,33-34H,5-16,31-32H2,1-4H3;2*1-15H. The molecule has 4 nitrogen and oxygen atoms in total. The van der Waals surface area contributed by atoms with Crippen molar-refractivity contribution in [2.75, 3.05) is 13.2 Å². The molecular weight excluding hydrogens is 1280 g/mol. The highest BCUT2D eigenvalue weighted by atomic mass is 32.1. The Labute approximate surface area is 590 Å². The number of aromatic nitrogens is 2. The number of hydrogen-bond donors (Lipinski definition) is 0. The number of aryl methyl sites for hydroxylation is 2. The minimum absolute atomic E-state index is 0.247. The van der Waals surface area contributed by atoms with Crippen LogP contribution < -0.4 is 41.3 Å². The summed E-state index contributed by atoms with van der Waals surface area (Å²) in [4.78, 5) is 14.9. The fraction of sp³-hybridized carbons (Fsp3) is 0.205. The van der Waals surface area contributed by atoms with Gasteiger partial charge in [0, 0.05) is 47.3 Å². The summed E-state index contributed by atoms with van der Waals surface area (Å²) in [6, 6.07) is 95.9. The molecule has 0 amide bonds. The van der Waals surface area contributed by atoms with Crippen molar-refractivity contribution in [1.29, 1.82) is 0 Å². The van der Waals surface area contributed by atoms with Gasteiger partial charge < -0.3 is 9.47 Å². The molecule has 0 radical (unpaired) electrons. The average Bonchev–Trinajstić information content (AvgIpc) is 1.41. The smallest absolute Gasteiger partial charge is 0.132 e. The van der Waals surface area contributed by atoms with Gasteiger partial charge in [0.05, 0.1) is 35.6 Å². The van der Waals surface area contributed by atoms with E-state index in [1.54, 1.807) is 18.3 Å². The molecule has 0 aliphatic heterocycles. The number of ether oxygens (including phenoxy) is 2. The maximum absolute atomic E-state index is 15.2. The summed E-state index contributed by atoms with van der Waals surface area (Å²) in [6.07, 6.45) is 14.6. The van der Waals surface area contributed by atoms with Crippen LogP contribution >= 0.6 is 38.5 Å². The van der Waals surface area contributed by atoms with Crippen LogP contribution in [0.25, 0.3) is 64.9 Å². The summed E-state index contributed by atoms with van der Waals surface area (Å²) < 4.78 is 42.2. The Hall–Kier alpha value is -8.74. The van der Waals surface area contributed by atoms with Crippen LogP contribution in [0.15, 0.2) is 279 Å². The second kappa shape index (κ2) is 36.7. The molecule has 3 heterocycles. The predicted octanol–water partition coefficient (Wildman–Crippen LogP) is 23.4. The maximum Gasteiger partial charge on any atom is 0.132 e. The number of benzene rings is 10. The predicted molar refractivity (Wildman–Crippen MR) is 420 cm³/mol. The van der Waals surface area contributed by atoms with E-state index in [-0.39, 0.29) is 11.1 Å². The molecule has 0 saturated carbocycles. The van der Waals surface area contributed by atoms with Crippen LogP contribution in [-0.2, 0) is 0 Å². The lowest BCUT2D eigenvalue weighted by atomic mass is 10.0. The van der Waals surface area contributed by atoms with Crippen molar-refractivity contribution in [3.05, 3.63) is 301 Å². The van der Waals surface area contributed by atoms with Crippen LogP contribution in [0.1, 0.15) is 101 Å². The van der Waals surface area contributed by atoms with E-state index >= 15 is 4.39 Å². The van der Waals surface area contributed by atoms with E-state index in [0.29, 0.717) is 18.1 Å². The summed E-state index contributed by atoms with van der Waals surface area (Å²) in [5.74, 6) is 0.795. The summed E-state index contributed by atoms with van der Waals surface area (Å²) in [5, 5.41) is 8.39. The Morgan fingerprint density at radius 3 is 1.00 bits per heavy atom. The highest BCUT2D eigenvalue weighted by Crippen LogP contribution is 2.44. The van der Waals surface area contributed by atoms with Gasteiger partial charge >= 0.3 is 0 Å². The first-order chi connectivity index (χ1) is 48.2. The zero-order valence-corrected chi connectivity index (χ0v) is 60.1. The molecule has 0 unspecified atom stereocenters. The number of thiophene rings is 2. The van der Waals surface area contributed by atoms with Crippen LogP contribution in [0.5, 0.6) is 11.5 Å². The van der Waals surface area contributed by atoms with E-state index in [0.717, 1.165) is 78.8 Å². The van der Waals surface area contributed by atoms with Gasteiger partial charge in [-0.25, -0.2) is 18.7 Å². The van der Waals surface area contributed by atoms with Gasteiger partial charge in [0.1, 0.15) is 23.1 Å². The molecule has 0 atom stereocenters. The Kier molecular flexibility index (Phi) is 26.5. The van der Waals surface area contributed by atoms with Crippen molar-refractivity contribution < 1.29 is 18.3 Å². The van der Waals surface area contributed by atoms with Crippen LogP contribution in [0.3, 0.4) is 0 Å². The lowest BCUT2D eigenvalue weighted by Gasteiger charge is -2.18. The van der Waals surface area contributed by atoms with Crippen molar-refractivity contribution >= 4 is 81.4 Å². The summed E-state index contributed by atoms with van der Waals surface area (Å²) in [5.41, 5.74) is 7.28. The molecule has 496 valence electrons. The third-order valence-corrected chi connectivity index (χ3v) is 24.2. The monoisotopic (exact) mass is 1370 g/mol. The van der Waals surface area contributed by atoms with Gasteiger partial charge in [-0.1, -0.05) is 272 Å². The third-order valence-electron chi connectivity index (χ3n) is 17.1. The SMILES string of the molecule is CCCCCCCCOc1ccc(-c2nc3c(-c4ccc(C)s4)ccc(-c4ccc(-c5cc(F)c(C)cc5F)s4)c3nc2-c2ccc(OCCCCCCCC)cc2)cc1.c1ccc(P(c2ccccc2)c2ccccc2)cc1.c1ccc(P(c2ccccc2)c2ccccc2)cc1. The van der Waals surface area contributed by atoms with Crippen LogP contribution in [0, 0.1) is 25.5 Å². The zero-order valence-electron chi connectivity index (χ0n) is 56.6. The highest BCUT2D eigenvalue weighted by Gasteiger charge is 2.23. The minimum atomic E-state index is -0.446. The number of halogens is 2. The number of nitrogens with zero attached hydrogens (tertiary/aromatic N) is 2. The van der Waals surface area contributed by atoms with Gasteiger partial charge in [0.15, 0.2) is 0 Å². The zero-order chi connectivity index (χ0) is 67.7. The Morgan fingerprint density at radius 1 is 0.327 bits per heavy atom. The van der Waals surface area contributed by atoms with E-state index in [1.807, 2.05) is 36.4 Å². The molecule has 0 spiro atoms. The average molecular weight is 1370 g/mol. The van der Waals surface area contributed by atoms with Gasteiger partial charge in [-0.15, -0.1) is 22.7 Å². The van der Waals surface area contributed by atoms with Gasteiger partial charge in [0.2, 0.25) is 0 Å². The second-order valence-corrected chi connectivity index (χ2v) is 31.2. The first-order valence-electron chi connectivity index (χ1n) is 34.6. The quantitative estimate of drug-likeness (QED) is 0.0380. The van der Waals surface area contributed by atoms with Gasteiger partial charge in [-0.2, -0.15) is 0 Å². The lowest BCUT2D eigenvalue weighted by molar-refractivity contribution is 0.304. The number of fused-ring (bicyclic) bond motifs is 1. The summed E-state index contributed by atoms with van der Waals surface area (Å²) in [7, 11) is -0.892. The normalized spacial score (nSPS) is 11.1. The molecule has 0 saturated heterocycles. The van der Waals surface area contributed by atoms with Crippen molar-refractivity contribution in [2.24, 2.45) is 0 Å². The fourth-order valence-corrected chi connectivity index (χ4v) is 18.5. The van der Waals surface area contributed by atoms with Gasteiger partial charge in [-0.3, -0.25) is 0 Å². The largest absolute Gasteiger partial charge is 0.494 e. The molecule has 0 aliphatic carbocycles. The summed E-state index contributed by atoms with van der Waals surface area (Å²) >= 11 is 3.14. The summed E-state index contributed by atoms with van der Waals surface area (Å²) in [6.45, 7) is 9.55. The first kappa shape index (κ1) is 70.6. The molecular formula is C88H86F2N2O2P2S2. The molecule has 13 aromatic rings. The van der Waals surface area contributed by atoms with Crippen molar-refractivity contribution in [3.63, 3.8) is 0 Å². The second-order valence-electron chi connectivity index (χ2n) is 24.4. The maximum atomic E-state index is 15.2. The highest BCUT2D eigenvalue weighted by molar-refractivity contribution is 7.80. The fourth-order valence-electron chi connectivity index (χ4n) is 11.9. The van der Waals surface area contributed by atoms with E-state index in [2.05, 4.69) is 251 Å². The Balaban J connectivity index is 0.000000204. The lowest BCUT2D eigenvalue weighted by Crippen LogP contribution is -2.20. The van der Waals surface area contributed by atoms with Crippen LogP contribution in [-0.4, -0.2) is 23.2 Å². The number of hydrogen-bond acceptors (Lipinski definition) is 6. The molecule has 0 aliphatic rings. The molecule has 0 N–H and O–H groups in total. The molecule has 98 heavy (non-hydrogen) atoms. The van der Waals surface area contributed by atoms with Gasteiger partial charge in [-0.05, 0) is 165 Å². The third kappa shape index (κ3) is 19.1. The Bertz CT molecular complexity index is 4210. The number of rotatable bonds is 27. The topological polar surface area (TPSA) is 44.2 Å².